The Bertz CT molecular complexity index is 1310. The molecule has 0 atom stereocenters. The molecule has 0 aliphatic carbocycles. The Morgan fingerprint density at radius 3 is 1.35 bits per heavy atom. The first-order chi connectivity index (χ1) is 15.3. The molecule has 0 fully saturated rings. The summed E-state index contributed by atoms with van der Waals surface area (Å²) in [4.78, 5) is 7.99. The smallest absolute Gasteiger partial charge is 0.417 e. The lowest BCUT2D eigenvalue weighted by Crippen LogP contribution is -2.07. The number of halogens is 6. The standard InChI is InChI=1S/C22H14F6N2O3.Al/c1-9-17(7-11-13(21(23,24)25)3-5-15(31)19(11)29-9)33-18-8-12-14(22(26,27)28)4-6-16(32)20(12)30-10(18)2;/h3-8,31-32H,1-2H3;. The molecule has 0 saturated heterocycles. The van der Waals surface area contributed by atoms with E-state index in [0.29, 0.717) is 12.1 Å². The van der Waals surface area contributed by atoms with Gasteiger partial charge in [0, 0.05) is 28.1 Å². The van der Waals surface area contributed by atoms with Crippen LogP contribution in [0.3, 0.4) is 0 Å². The second-order valence-corrected chi connectivity index (χ2v) is 7.30. The monoisotopic (exact) mass is 495 g/mol. The minimum Gasteiger partial charge on any atom is -0.506 e. The molecule has 0 amide bonds. The highest BCUT2D eigenvalue weighted by Gasteiger charge is 2.35. The molecule has 0 aliphatic heterocycles. The van der Waals surface area contributed by atoms with E-state index >= 15 is 0 Å². The maximum absolute atomic E-state index is 13.5. The summed E-state index contributed by atoms with van der Waals surface area (Å²) in [6, 6.07) is 5.16. The molecule has 5 nitrogen and oxygen atoms in total. The van der Waals surface area contributed by atoms with Crippen molar-refractivity contribution in [3.05, 3.63) is 58.9 Å². The van der Waals surface area contributed by atoms with Crippen LogP contribution in [0, 0.1) is 13.8 Å². The molecule has 4 rings (SSSR count). The van der Waals surface area contributed by atoms with Crippen LogP contribution in [0.1, 0.15) is 22.5 Å². The third-order valence-electron chi connectivity index (χ3n) is 5.05. The first-order valence-electron chi connectivity index (χ1n) is 9.36. The van der Waals surface area contributed by atoms with Crippen LogP contribution in [0.2, 0.25) is 0 Å². The van der Waals surface area contributed by atoms with E-state index in [1.54, 1.807) is 0 Å². The van der Waals surface area contributed by atoms with Crippen molar-refractivity contribution in [3.63, 3.8) is 0 Å². The number of fused-ring (bicyclic) bond motifs is 2. The molecule has 12 heteroatoms. The van der Waals surface area contributed by atoms with Crippen molar-refractivity contribution in [3.8, 4) is 23.0 Å². The van der Waals surface area contributed by atoms with E-state index in [2.05, 4.69) is 9.97 Å². The Kier molecular flexibility index (Phi) is 6.37. The third-order valence-corrected chi connectivity index (χ3v) is 5.05. The molecule has 2 aromatic carbocycles. The summed E-state index contributed by atoms with van der Waals surface area (Å²) >= 11 is 0. The number of benzene rings is 2. The van der Waals surface area contributed by atoms with Gasteiger partial charge in [-0.1, -0.05) is 0 Å². The van der Waals surface area contributed by atoms with E-state index in [-0.39, 0.29) is 51.3 Å². The lowest BCUT2D eigenvalue weighted by Gasteiger charge is -2.16. The highest BCUT2D eigenvalue weighted by atomic mass is 27.0. The number of ether oxygens (including phenoxy) is 1. The zero-order chi connectivity index (χ0) is 24.3. The Balaban J connectivity index is 0.00000324. The summed E-state index contributed by atoms with van der Waals surface area (Å²) in [7, 11) is 0. The molecule has 175 valence electrons. The van der Waals surface area contributed by atoms with Crippen LogP contribution in [0.5, 0.6) is 23.0 Å². The average molecular weight is 495 g/mol. The molecule has 0 spiro atoms. The minimum atomic E-state index is -4.75. The quantitative estimate of drug-likeness (QED) is 0.254. The van der Waals surface area contributed by atoms with Crippen LogP contribution in [-0.4, -0.2) is 37.5 Å². The Morgan fingerprint density at radius 2 is 1.03 bits per heavy atom. The summed E-state index contributed by atoms with van der Waals surface area (Å²) in [5.74, 6) is -1.28. The van der Waals surface area contributed by atoms with Gasteiger partial charge >= 0.3 is 12.4 Å². The molecule has 3 radical (unpaired) electrons. The molecule has 2 heterocycles. The molecule has 0 bridgehead atoms. The molecule has 2 aromatic heterocycles. The molecule has 0 unspecified atom stereocenters. The van der Waals surface area contributed by atoms with Gasteiger partial charge in [-0.3, -0.25) is 0 Å². The number of hydrogen-bond donors (Lipinski definition) is 2. The van der Waals surface area contributed by atoms with Gasteiger partial charge in [-0.05, 0) is 50.2 Å². The van der Waals surface area contributed by atoms with Gasteiger partial charge < -0.3 is 14.9 Å². The third kappa shape index (κ3) is 4.43. The van der Waals surface area contributed by atoms with Crippen LogP contribution in [0.15, 0.2) is 36.4 Å². The molecule has 4 aromatic rings. The van der Waals surface area contributed by atoms with E-state index < -0.39 is 45.8 Å². The highest BCUT2D eigenvalue weighted by Crippen LogP contribution is 2.42. The first kappa shape index (κ1) is 25.4. The maximum atomic E-state index is 13.5. The van der Waals surface area contributed by atoms with E-state index in [0.717, 1.165) is 24.3 Å². The lowest BCUT2D eigenvalue weighted by atomic mass is 10.1. The van der Waals surface area contributed by atoms with Crippen molar-refractivity contribution < 1.29 is 41.3 Å². The topological polar surface area (TPSA) is 75.5 Å². The number of phenols is 2. The fourth-order valence-corrected chi connectivity index (χ4v) is 3.46. The number of hydrogen-bond acceptors (Lipinski definition) is 5. The molecular weight excluding hydrogens is 481 g/mol. The van der Waals surface area contributed by atoms with Gasteiger partial charge in [0.1, 0.15) is 34.0 Å². The van der Waals surface area contributed by atoms with Crippen LogP contribution < -0.4 is 4.74 Å². The van der Waals surface area contributed by atoms with Gasteiger partial charge in [0.05, 0.1) is 22.5 Å². The van der Waals surface area contributed by atoms with Crippen molar-refractivity contribution in [2.75, 3.05) is 0 Å². The number of aromatic nitrogens is 2. The van der Waals surface area contributed by atoms with Crippen molar-refractivity contribution in [2.45, 2.75) is 26.2 Å². The predicted molar refractivity (Wildman–Crippen MR) is 112 cm³/mol. The molecule has 0 saturated carbocycles. The number of pyridine rings is 2. The number of alkyl halides is 6. The summed E-state index contributed by atoms with van der Waals surface area (Å²) in [6.07, 6.45) is -9.50. The van der Waals surface area contributed by atoms with Crippen LogP contribution in [-0.2, 0) is 12.4 Å². The molecule has 2 N–H and O–H groups in total. The Hall–Kier alpha value is -3.23. The van der Waals surface area contributed by atoms with Gasteiger partial charge in [-0.15, -0.1) is 0 Å². The van der Waals surface area contributed by atoms with Gasteiger partial charge in [0.25, 0.3) is 0 Å². The van der Waals surface area contributed by atoms with E-state index in [1.807, 2.05) is 0 Å². The number of aryl methyl sites for hydroxylation is 2. The van der Waals surface area contributed by atoms with Gasteiger partial charge in [-0.2, -0.15) is 26.3 Å². The average Bonchev–Trinajstić information content (AvgIpc) is 2.69. The minimum absolute atomic E-state index is 0. The normalized spacial score (nSPS) is 12.1. The summed E-state index contributed by atoms with van der Waals surface area (Å²) in [5, 5.41) is 19.0. The summed E-state index contributed by atoms with van der Waals surface area (Å²) in [6.45, 7) is 2.82. The fraction of sp³-hybridized carbons (Fsp3) is 0.182. The number of nitrogens with zero attached hydrogens (tertiary/aromatic N) is 2. The highest BCUT2D eigenvalue weighted by molar-refractivity contribution is 5.90. The fourth-order valence-electron chi connectivity index (χ4n) is 3.46. The van der Waals surface area contributed by atoms with Crippen LogP contribution in [0.25, 0.3) is 21.8 Å². The molecule has 34 heavy (non-hydrogen) atoms. The maximum Gasteiger partial charge on any atom is 0.417 e. The molecule has 0 aliphatic rings. The first-order valence-corrected chi connectivity index (χ1v) is 9.36. The number of rotatable bonds is 2. The van der Waals surface area contributed by atoms with Crippen molar-refractivity contribution >= 4 is 39.2 Å². The van der Waals surface area contributed by atoms with Crippen LogP contribution in [0.4, 0.5) is 26.3 Å². The van der Waals surface area contributed by atoms with Crippen molar-refractivity contribution in [1.29, 1.82) is 0 Å². The second-order valence-electron chi connectivity index (χ2n) is 7.30. The van der Waals surface area contributed by atoms with E-state index in [1.165, 1.54) is 13.8 Å². The summed E-state index contributed by atoms with van der Waals surface area (Å²) in [5.41, 5.74) is -2.55. The number of aromatic hydroxyl groups is 2. The molecular formula is C22H14AlF6N2O3. The van der Waals surface area contributed by atoms with Gasteiger partial charge in [-0.25, -0.2) is 9.97 Å². The lowest BCUT2D eigenvalue weighted by molar-refractivity contribution is -0.137. The largest absolute Gasteiger partial charge is 0.506 e. The number of phenolic OH excluding ortho intramolecular Hbond substituents is 2. The van der Waals surface area contributed by atoms with Gasteiger partial charge in [0.2, 0.25) is 0 Å². The second kappa shape index (κ2) is 8.52. The zero-order valence-electron chi connectivity index (χ0n) is 17.5. The Labute approximate surface area is 198 Å². The van der Waals surface area contributed by atoms with Crippen molar-refractivity contribution in [1.82, 2.24) is 9.97 Å². The van der Waals surface area contributed by atoms with Crippen LogP contribution >= 0.6 is 0 Å². The van der Waals surface area contributed by atoms with E-state index in [4.69, 9.17) is 4.74 Å². The predicted octanol–water partition coefficient (Wildman–Crippen LogP) is 6.26. The summed E-state index contributed by atoms with van der Waals surface area (Å²) < 4.78 is 86.4. The van der Waals surface area contributed by atoms with Gasteiger partial charge in [0.15, 0.2) is 0 Å². The SMILES string of the molecule is Cc1nc2c(O)ccc(C(F)(F)F)c2cc1Oc1cc2c(C(F)(F)F)ccc(O)c2nc1C.[Al]. The van der Waals surface area contributed by atoms with Crippen molar-refractivity contribution in [2.24, 2.45) is 0 Å². The Morgan fingerprint density at radius 1 is 0.676 bits per heavy atom. The van der Waals surface area contributed by atoms with E-state index in [9.17, 15) is 36.6 Å². The zero-order valence-corrected chi connectivity index (χ0v) is 18.7.